The van der Waals surface area contributed by atoms with Crippen LogP contribution in [0.4, 0.5) is 13.2 Å². The SMILES string of the molecule is O=C(NC1CC1)C1=CC=CC(N2CCCCC2)N1[C@H]1CC[C@](O)(C(F)(F)F)CC1. The smallest absolute Gasteiger partial charge is 0.380 e. The number of hydrogen-bond donors (Lipinski definition) is 2. The molecule has 2 aliphatic carbocycles. The lowest BCUT2D eigenvalue weighted by atomic mass is 9.80. The van der Waals surface area contributed by atoms with Gasteiger partial charge in [-0.2, -0.15) is 13.2 Å². The van der Waals surface area contributed by atoms with Gasteiger partial charge in [-0.1, -0.05) is 12.5 Å². The maximum atomic E-state index is 13.3. The highest BCUT2D eigenvalue weighted by Crippen LogP contribution is 2.44. The second-order valence-electron chi connectivity index (χ2n) is 8.86. The Bertz CT molecular complexity index is 673. The zero-order valence-electron chi connectivity index (χ0n) is 16.6. The topological polar surface area (TPSA) is 55.8 Å². The molecule has 1 unspecified atom stereocenters. The molecule has 1 amide bonds. The zero-order valence-corrected chi connectivity index (χ0v) is 16.6. The van der Waals surface area contributed by atoms with Crippen LogP contribution in [0.5, 0.6) is 0 Å². The van der Waals surface area contributed by atoms with Gasteiger partial charge in [-0.25, -0.2) is 0 Å². The molecule has 162 valence electrons. The molecular weight excluding hydrogens is 383 g/mol. The highest BCUT2D eigenvalue weighted by molar-refractivity contribution is 5.94. The number of nitrogens with one attached hydrogen (secondary N) is 1. The Morgan fingerprint density at radius 1 is 1.10 bits per heavy atom. The van der Waals surface area contributed by atoms with Gasteiger partial charge in [0.1, 0.15) is 11.9 Å². The van der Waals surface area contributed by atoms with E-state index < -0.39 is 11.8 Å². The van der Waals surface area contributed by atoms with Crippen molar-refractivity contribution < 1.29 is 23.1 Å². The Kier molecular flexibility index (Phi) is 5.68. The first-order valence-corrected chi connectivity index (χ1v) is 10.8. The third kappa shape index (κ3) is 4.33. The number of amides is 1. The molecular formula is C21H30F3N3O2. The second-order valence-corrected chi connectivity index (χ2v) is 8.86. The highest BCUT2D eigenvalue weighted by atomic mass is 19.4. The number of piperidine rings is 1. The molecule has 4 aliphatic rings. The fourth-order valence-corrected chi connectivity index (χ4v) is 4.78. The van der Waals surface area contributed by atoms with Gasteiger partial charge in [0, 0.05) is 25.2 Å². The molecule has 4 rings (SSSR count). The van der Waals surface area contributed by atoms with Crippen molar-refractivity contribution in [3.8, 4) is 0 Å². The number of aliphatic hydroxyl groups is 1. The van der Waals surface area contributed by atoms with Crippen molar-refractivity contribution in [1.82, 2.24) is 15.1 Å². The third-order valence-electron chi connectivity index (χ3n) is 6.71. The Hall–Kier alpha value is -1.54. The summed E-state index contributed by atoms with van der Waals surface area (Å²) in [4.78, 5) is 17.3. The lowest BCUT2D eigenvalue weighted by Gasteiger charge is -2.49. The second kappa shape index (κ2) is 7.95. The Balaban J connectivity index is 1.55. The predicted molar refractivity (Wildman–Crippen MR) is 103 cm³/mol. The largest absolute Gasteiger partial charge is 0.417 e. The molecule has 0 radical (unpaired) electrons. The Labute approximate surface area is 169 Å². The lowest BCUT2D eigenvalue weighted by molar-refractivity contribution is -0.272. The van der Waals surface area contributed by atoms with Crippen LogP contribution < -0.4 is 5.32 Å². The summed E-state index contributed by atoms with van der Waals surface area (Å²) in [7, 11) is 0. The first-order chi connectivity index (χ1) is 13.8. The molecule has 2 heterocycles. The average Bonchev–Trinajstić information content (AvgIpc) is 3.52. The van der Waals surface area contributed by atoms with Crippen molar-refractivity contribution in [2.45, 2.75) is 87.8 Å². The Morgan fingerprint density at radius 3 is 2.34 bits per heavy atom. The van der Waals surface area contributed by atoms with Gasteiger partial charge in [0.05, 0.1) is 0 Å². The van der Waals surface area contributed by atoms with E-state index in [2.05, 4.69) is 10.2 Å². The molecule has 3 fully saturated rings. The molecule has 0 bridgehead atoms. The molecule has 0 aromatic rings. The fraction of sp³-hybridized carbons (Fsp3) is 0.762. The van der Waals surface area contributed by atoms with Crippen LogP contribution in [0.25, 0.3) is 0 Å². The molecule has 5 nitrogen and oxygen atoms in total. The van der Waals surface area contributed by atoms with Crippen molar-refractivity contribution in [3.05, 3.63) is 23.9 Å². The van der Waals surface area contributed by atoms with Crippen molar-refractivity contribution in [2.24, 2.45) is 0 Å². The van der Waals surface area contributed by atoms with Crippen LogP contribution in [-0.4, -0.2) is 63.9 Å². The van der Waals surface area contributed by atoms with Crippen molar-refractivity contribution >= 4 is 5.91 Å². The lowest BCUT2D eigenvalue weighted by Crippen LogP contribution is -2.58. The van der Waals surface area contributed by atoms with E-state index >= 15 is 0 Å². The molecule has 2 saturated carbocycles. The van der Waals surface area contributed by atoms with Gasteiger partial charge < -0.3 is 15.3 Å². The van der Waals surface area contributed by atoms with Crippen LogP contribution in [0.15, 0.2) is 23.9 Å². The van der Waals surface area contributed by atoms with Crippen molar-refractivity contribution in [3.63, 3.8) is 0 Å². The number of halogens is 3. The van der Waals surface area contributed by atoms with Crippen molar-refractivity contribution in [2.75, 3.05) is 13.1 Å². The first-order valence-electron chi connectivity index (χ1n) is 10.8. The number of rotatable bonds is 4. The predicted octanol–water partition coefficient (Wildman–Crippen LogP) is 3.07. The fourth-order valence-electron chi connectivity index (χ4n) is 4.78. The van der Waals surface area contributed by atoms with Gasteiger partial charge in [-0.05, 0) is 63.5 Å². The van der Waals surface area contributed by atoms with Crippen molar-refractivity contribution in [1.29, 1.82) is 0 Å². The highest BCUT2D eigenvalue weighted by Gasteiger charge is 2.55. The zero-order chi connectivity index (χ0) is 20.6. The normalized spacial score (nSPS) is 34.1. The maximum Gasteiger partial charge on any atom is 0.417 e. The molecule has 1 atom stereocenters. The number of likely N-dealkylation sites (tertiary alicyclic amines) is 1. The van der Waals surface area contributed by atoms with E-state index in [-0.39, 0.29) is 49.8 Å². The van der Waals surface area contributed by atoms with Gasteiger partial charge in [0.15, 0.2) is 5.60 Å². The van der Waals surface area contributed by atoms with Gasteiger partial charge in [0.25, 0.3) is 5.91 Å². The number of nitrogens with zero attached hydrogens (tertiary/aromatic N) is 2. The van der Waals surface area contributed by atoms with E-state index in [0.717, 1.165) is 38.8 Å². The molecule has 0 spiro atoms. The van der Waals surface area contributed by atoms with E-state index in [4.69, 9.17) is 0 Å². The average molecular weight is 413 g/mol. The Morgan fingerprint density at radius 2 is 1.76 bits per heavy atom. The third-order valence-corrected chi connectivity index (χ3v) is 6.71. The van der Waals surface area contributed by atoms with Gasteiger partial charge in [-0.15, -0.1) is 0 Å². The van der Waals surface area contributed by atoms with Crippen LogP contribution in [0.2, 0.25) is 0 Å². The van der Waals surface area contributed by atoms with Crippen LogP contribution in [0.3, 0.4) is 0 Å². The molecule has 2 aliphatic heterocycles. The maximum absolute atomic E-state index is 13.3. The summed E-state index contributed by atoms with van der Waals surface area (Å²) in [6.45, 7) is 1.84. The monoisotopic (exact) mass is 413 g/mol. The van der Waals surface area contributed by atoms with Gasteiger partial charge in [-0.3, -0.25) is 9.69 Å². The van der Waals surface area contributed by atoms with Crippen LogP contribution in [0.1, 0.15) is 57.8 Å². The molecule has 1 saturated heterocycles. The number of alkyl halides is 3. The summed E-state index contributed by atoms with van der Waals surface area (Å²) in [6.07, 6.45) is 6.06. The number of allylic oxidation sites excluding steroid dienone is 2. The summed E-state index contributed by atoms with van der Waals surface area (Å²) >= 11 is 0. The molecule has 29 heavy (non-hydrogen) atoms. The minimum Gasteiger partial charge on any atom is -0.380 e. The van der Waals surface area contributed by atoms with E-state index in [0.29, 0.717) is 5.70 Å². The van der Waals surface area contributed by atoms with Gasteiger partial charge in [0.2, 0.25) is 0 Å². The van der Waals surface area contributed by atoms with E-state index in [1.807, 2.05) is 17.1 Å². The number of hydrogen-bond acceptors (Lipinski definition) is 4. The molecule has 2 N–H and O–H groups in total. The van der Waals surface area contributed by atoms with Crippen LogP contribution in [-0.2, 0) is 4.79 Å². The quantitative estimate of drug-likeness (QED) is 0.744. The minimum absolute atomic E-state index is 0.123. The summed E-state index contributed by atoms with van der Waals surface area (Å²) < 4.78 is 39.8. The summed E-state index contributed by atoms with van der Waals surface area (Å²) in [5, 5.41) is 13.1. The molecule has 0 aromatic carbocycles. The first kappa shape index (κ1) is 20.7. The van der Waals surface area contributed by atoms with E-state index in [9.17, 15) is 23.1 Å². The summed E-state index contributed by atoms with van der Waals surface area (Å²) in [5.41, 5.74) is -2.08. The van der Waals surface area contributed by atoms with E-state index in [1.165, 1.54) is 6.42 Å². The standard InChI is InChI=1S/C21H30F3N3O2/c22-21(23,24)20(29)11-9-16(10-12-20)27-17(19(28)25-15-7-8-15)5-4-6-18(27)26-13-2-1-3-14-26/h4-6,15-16,18,29H,1-3,7-14H2,(H,25,28)/t16-,18?,20+. The summed E-state index contributed by atoms with van der Waals surface area (Å²) in [6, 6.07) is 0.0111. The number of carbonyl (C=O) groups excluding carboxylic acids is 1. The van der Waals surface area contributed by atoms with Gasteiger partial charge >= 0.3 is 6.18 Å². The number of carbonyl (C=O) groups is 1. The van der Waals surface area contributed by atoms with E-state index in [1.54, 1.807) is 6.08 Å². The minimum atomic E-state index is -4.62. The van der Waals surface area contributed by atoms with Crippen LogP contribution >= 0.6 is 0 Å². The summed E-state index contributed by atoms with van der Waals surface area (Å²) in [5.74, 6) is -0.143. The van der Waals surface area contributed by atoms with Crippen LogP contribution in [0, 0.1) is 0 Å². The molecule has 0 aromatic heterocycles. The molecule has 8 heteroatoms.